The van der Waals surface area contributed by atoms with E-state index in [1.165, 1.54) is 12.3 Å². The highest BCUT2D eigenvalue weighted by Crippen LogP contribution is 2.38. The standard InChI is InChI=1S/C17H16F3N7O/c18-17(19,20)10-3-4-12(27-7-6-22-11(8-27)15(21)28)24-14(10)13-9-2-1-5-23-16(9)26-25-13/h1-5,11,22H,6-8H2,(H2,21,28)(H,23,25,26). The van der Waals surface area contributed by atoms with Crippen molar-refractivity contribution in [3.8, 4) is 11.4 Å². The van der Waals surface area contributed by atoms with Crippen molar-refractivity contribution in [3.05, 3.63) is 36.0 Å². The molecule has 1 aliphatic rings. The molecule has 0 bridgehead atoms. The van der Waals surface area contributed by atoms with Crippen LogP contribution in [-0.4, -0.2) is 51.7 Å². The second-order valence-electron chi connectivity index (χ2n) is 6.39. The van der Waals surface area contributed by atoms with Gasteiger partial charge in [-0.3, -0.25) is 9.89 Å². The van der Waals surface area contributed by atoms with Gasteiger partial charge in [-0.15, -0.1) is 0 Å². The number of carbonyl (C=O) groups excluding carboxylic acids is 1. The van der Waals surface area contributed by atoms with E-state index >= 15 is 0 Å². The second kappa shape index (κ2) is 6.75. The third-order valence-corrected chi connectivity index (χ3v) is 4.60. The minimum Gasteiger partial charge on any atom is -0.368 e. The number of alkyl halides is 3. The summed E-state index contributed by atoms with van der Waals surface area (Å²) < 4.78 is 40.8. The van der Waals surface area contributed by atoms with Crippen LogP contribution in [0.5, 0.6) is 0 Å². The van der Waals surface area contributed by atoms with E-state index in [2.05, 4.69) is 25.5 Å². The van der Waals surface area contributed by atoms with E-state index in [9.17, 15) is 18.0 Å². The van der Waals surface area contributed by atoms with Crippen LogP contribution in [-0.2, 0) is 11.0 Å². The first-order valence-electron chi connectivity index (χ1n) is 8.50. The van der Waals surface area contributed by atoms with Gasteiger partial charge in [-0.05, 0) is 24.3 Å². The molecule has 1 fully saturated rings. The van der Waals surface area contributed by atoms with Crippen molar-refractivity contribution in [2.45, 2.75) is 12.2 Å². The molecule has 3 aromatic heterocycles. The van der Waals surface area contributed by atoms with E-state index < -0.39 is 23.7 Å². The van der Waals surface area contributed by atoms with Gasteiger partial charge in [-0.1, -0.05) is 0 Å². The minimum atomic E-state index is -4.60. The molecule has 0 radical (unpaired) electrons. The Kier molecular flexibility index (Phi) is 4.38. The lowest BCUT2D eigenvalue weighted by atomic mass is 10.1. The average Bonchev–Trinajstić information content (AvgIpc) is 3.11. The van der Waals surface area contributed by atoms with Crippen LogP contribution in [0.4, 0.5) is 19.0 Å². The fourth-order valence-electron chi connectivity index (χ4n) is 3.22. The molecule has 0 aromatic carbocycles. The van der Waals surface area contributed by atoms with Crippen LogP contribution in [0.25, 0.3) is 22.4 Å². The van der Waals surface area contributed by atoms with Gasteiger partial charge in [0, 0.05) is 31.2 Å². The average molecular weight is 391 g/mol. The first-order chi connectivity index (χ1) is 13.3. The summed E-state index contributed by atoms with van der Waals surface area (Å²) in [5.74, 6) is -0.204. The second-order valence-corrected chi connectivity index (χ2v) is 6.39. The van der Waals surface area contributed by atoms with Crippen LogP contribution in [0.2, 0.25) is 0 Å². The lowest BCUT2D eigenvalue weighted by molar-refractivity contribution is -0.137. The number of nitrogens with one attached hydrogen (secondary N) is 2. The number of amides is 1. The third kappa shape index (κ3) is 3.24. The van der Waals surface area contributed by atoms with E-state index in [4.69, 9.17) is 5.73 Å². The molecule has 1 unspecified atom stereocenters. The molecule has 11 heteroatoms. The highest BCUT2D eigenvalue weighted by Gasteiger charge is 2.36. The monoisotopic (exact) mass is 391 g/mol. The molecule has 1 aliphatic heterocycles. The van der Waals surface area contributed by atoms with Crippen molar-refractivity contribution in [1.29, 1.82) is 0 Å². The number of hydrogen-bond acceptors (Lipinski definition) is 6. The summed E-state index contributed by atoms with van der Waals surface area (Å²) in [6.45, 7) is 1.16. The zero-order valence-corrected chi connectivity index (χ0v) is 14.5. The van der Waals surface area contributed by atoms with E-state index in [0.29, 0.717) is 29.9 Å². The van der Waals surface area contributed by atoms with Crippen molar-refractivity contribution >= 4 is 22.8 Å². The molecule has 0 saturated carbocycles. The number of H-pyrrole nitrogens is 1. The Hall–Kier alpha value is -3.21. The molecule has 4 N–H and O–H groups in total. The molecule has 1 saturated heterocycles. The number of hydrogen-bond donors (Lipinski definition) is 3. The molecule has 1 amide bonds. The quantitative estimate of drug-likeness (QED) is 0.620. The minimum absolute atomic E-state index is 0.138. The lowest BCUT2D eigenvalue weighted by Gasteiger charge is -2.33. The smallest absolute Gasteiger partial charge is 0.368 e. The number of anilines is 1. The van der Waals surface area contributed by atoms with Crippen LogP contribution < -0.4 is 16.0 Å². The van der Waals surface area contributed by atoms with Crippen LogP contribution in [0, 0.1) is 0 Å². The van der Waals surface area contributed by atoms with Crippen molar-refractivity contribution in [1.82, 2.24) is 25.5 Å². The predicted octanol–water partition coefficient (Wildman–Crippen LogP) is 1.30. The summed E-state index contributed by atoms with van der Waals surface area (Å²) >= 11 is 0. The summed E-state index contributed by atoms with van der Waals surface area (Å²) in [5, 5.41) is 10.00. The molecule has 1 atom stereocenters. The van der Waals surface area contributed by atoms with Gasteiger partial charge in [-0.25, -0.2) is 9.97 Å². The highest BCUT2D eigenvalue weighted by molar-refractivity contribution is 5.90. The van der Waals surface area contributed by atoms with Gasteiger partial charge in [0.15, 0.2) is 5.65 Å². The Labute approximate surface area is 156 Å². The molecular formula is C17H16F3N7O. The Morgan fingerprint density at radius 3 is 2.86 bits per heavy atom. The van der Waals surface area contributed by atoms with Crippen molar-refractivity contribution in [3.63, 3.8) is 0 Å². The summed E-state index contributed by atoms with van der Waals surface area (Å²) in [6, 6.07) is 4.93. The van der Waals surface area contributed by atoms with E-state index in [0.717, 1.165) is 6.07 Å². The molecular weight excluding hydrogens is 375 g/mol. The van der Waals surface area contributed by atoms with E-state index in [1.807, 2.05) is 0 Å². The van der Waals surface area contributed by atoms with Gasteiger partial charge in [0.05, 0.1) is 11.3 Å². The Morgan fingerprint density at radius 1 is 1.29 bits per heavy atom. The van der Waals surface area contributed by atoms with Crippen molar-refractivity contribution in [2.24, 2.45) is 5.73 Å². The lowest BCUT2D eigenvalue weighted by Crippen LogP contribution is -2.56. The first kappa shape index (κ1) is 18.2. The number of fused-ring (bicyclic) bond motifs is 1. The number of halogens is 3. The summed E-state index contributed by atoms with van der Waals surface area (Å²) in [6.07, 6.45) is -3.09. The van der Waals surface area contributed by atoms with Gasteiger partial charge >= 0.3 is 6.18 Å². The number of pyridine rings is 2. The van der Waals surface area contributed by atoms with Gasteiger partial charge in [0.1, 0.15) is 17.6 Å². The summed E-state index contributed by atoms with van der Waals surface area (Å²) in [5.41, 5.74) is 4.63. The van der Waals surface area contributed by atoms with Gasteiger partial charge in [0.25, 0.3) is 0 Å². The number of carbonyl (C=O) groups is 1. The molecule has 8 nitrogen and oxygen atoms in total. The fourth-order valence-corrected chi connectivity index (χ4v) is 3.22. The maximum Gasteiger partial charge on any atom is 0.418 e. The zero-order valence-electron chi connectivity index (χ0n) is 14.5. The van der Waals surface area contributed by atoms with E-state index in [-0.39, 0.29) is 17.9 Å². The molecule has 146 valence electrons. The fraction of sp³-hybridized carbons (Fsp3) is 0.294. The molecule has 4 heterocycles. The largest absolute Gasteiger partial charge is 0.418 e. The summed E-state index contributed by atoms with van der Waals surface area (Å²) in [4.78, 5) is 21.5. The molecule has 0 spiro atoms. The number of rotatable bonds is 3. The topological polar surface area (TPSA) is 113 Å². The maximum atomic E-state index is 13.6. The SMILES string of the molecule is NC(=O)C1CN(c2ccc(C(F)(F)F)c(-c3[nH]nc4ncccc34)n2)CCN1. The first-order valence-corrected chi connectivity index (χ1v) is 8.50. The van der Waals surface area contributed by atoms with Crippen molar-refractivity contribution < 1.29 is 18.0 Å². The van der Waals surface area contributed by atoms with Gasteiger partial charge < -0.3 is 16.0 Å². The molecule has 0 aliphatic carbocycles. The number of piperazine rings is 1. The number of primary amides is 1. The summed E-state index contributed by atoms with van der Waals surface area (Å²) in [7, 11) is 0. The zero-order chi connectivity index (χ0) is 19.9. The van der Waals surface area contributed by atoms with Gasteiger partial charge in [0.2, 0.25) is 5.91 Å². The molecule has 4 rings (SSSR count). The Morgan fingerprint density at radius 2 is 2.11 bits per heavy atom. The van der Waals surface area contributed by atoms with E-state index in [1.54, 1.807) is 17.0 Å². The van der Waals surface area contributed by atoms with Crippen LogP contribution in [0.1, 0.15) is 5.56 Å². The normalized spacial score (nSPS) is 17.8. The number of nitrogens with zero attached hydrogens (tertiary/aromatic N) is 4. The van der Waals surface area contributed by atoms with Crippen LogP contribution >= 0.6 is 0 Å². The maximum absolute atomic E-state index is 13.6. The van der Waals surface area contributed by atoms with Crippen molar-refractivity contribution in [2.75, 3.05) is 24.5 Å². The predicted molar refractivity (Wildman–Crippen MR) is 95.3 cm³/mol. The highest BCUT2D eigenvalue weighted by atomic mass is 19.4. The van der Waals surface area contributed by atoms with Crippen LogP contribution in [0.15, 0.2) is 30.5 Å². The number of aromatic nitrogens is 4. The molecule has 28 heavy (non-hydrogen) atoms. The Balaban J connectivity index is 1.82. The third-order valence-electron chi connectivity index (χ3n) is 4.60. The van der Waals surface area contributed by atoms with Crippen LogP contribution in [0.3, 0.4) is 0 Å². The Bertz CT molecular complexity index is 1030. The molecule has 3 aromatic rings. The van der Waals surface area contributed by atoms with Gasteiger partial charge in [-0.2, -0.15) is 18.3 Å². The number of nitrogens with two attached hydrogens (primary N) is 1. The number of aromatic amines is 1.